The van der Waals surface area contributed by atoms with Crippen LogP contribution in [0.1, 0.15) is 13.3 Å². The molecule has 0 unspecified atom stereocenters. The van der Waals surface area contributed by atoms with Crippen molar-refractivity contribution in [3.05, 3.63) is 60.7 Å². The second-order valence-corrected chi connectivity index (χ2v) is 8.48. The molecule has 2 N–H and O–H groups in total. The number of rotatable bonds is 4. The fraction of sp³-hybridized carbons (Fsp3) is 0.200. The molecule has 3 heteroatoms. The van der Waals surface area contributed by atoms with Crippen LogP contribution in [-0.4, -0.2) is 15.9 Å². The van der Waals surface area contributed by atoms with E-state index >= 15 is 0 Å². The molecule has 0 aliphatic heterocycles. The van der Waals surface area contributed by atoms with Crippen LogP contribution in [0.4, 0.5) is 0 Å². The predicted molar refractivity (Wildman–Crippen MR) is 78.7 cm³/mol. The Balaban J connectivity index is 2.63. The van der Waals surface area contributed by atoms with Gasteiger partial charge in [-0.1, -0.05) is 0 Å². The van der Waals surface area contributed by atoms with Gasteiger partial charge in [-0.25, -0.2) is 0 Å². The first kappa shape index (κ1) is 13.2. The van der Waals surface area contributed by atoms with E-state index in [1.165, 1.54) is 0 Å². The molecule has 0 aliphatic rings. The molecule has 18 heavy (non-hydrogen) atoms. The second kappa shape index (κ2) is 4.81. The molecule has 0 amide bonds. The molecule has 0 bridgehead atoms. The van der Waals surface area contributed by atoms with Crippen molar-refractivity contribution in [2.45, 2.75) is 13.3 Å². The first-order chi connectivity index (χ1) is 8.57. The van der Waals surface area contributed by atoms with Crippen LogP contribution in [0.5, 0.6) is 0 Å². The fourth-order valence-electron chi connectivity index (χ4n) is 2.31. The van der Waals surface area contributed by atoms with Gasteiger partial charge in [0.2, 0.25) is 0 Å². The summed E-state index contributed by atoms with van der Waals surface area (Å²) in [5.41, 5.74) is 0. The van der Waals surface area contributed by atoms with E-state index in [-0.39, 0.29) is 0 Å². The van der Waals surface area contributed by atoms with E-state index in [0.29, 0.717) is 16.8 Å². The van der Waals surface area contributed by atoms with Crippen LogP contribution < -0.4 is 10.6 Å². The summed E-state index contributed by atoms with van der Waals surface area (Å²) >= 11 is 0. The van der Waals surface area contributed by atoms with Gasteiger partial charge in [-0.3, -0.25) is 0 Å². The summed E-state index contributed by atoms with van der Waals surface area (Å²) < 4.78 is 0. The van der Waals surface area contributed by atoms with E-state index in [4.69, 9.17) is 0 Å². The van der Waals surface area contributed by atoms with E-state index in [1.807, 2.05) is 43.3 Å². The maximum absolute atomic E-state index is 11.1. The second-order valence-electron chi connectivity index (χ2n) is 4.60. The van der Waals surface area contributed by atoms with Crippen LogP contribution in [0.3, 0.4) is 0 Å². The molecule has 0 atom stereocenters. The Hall–Kier alpha value is -1.21. The van der Waals surface area contributed by atoms with Crippen LogP contribution in [0.15, 0.2) is 60.7 Å². The Morgan fingerprint density at radius 1 is 0.778 bits per heavy atom. The summed E-state index contributed by atoms with van der Waals surface area (Å²) in [4.78, 5) is 22.2. The van der Waals surface area contributed by atoms with Gasteiger partial charge in [0.25, 0.3) is 0 Å². The molecule has 2 aromatic rings. The molecule has 0 saturated heterocycles. The summed E-state index contributed by atoms with van der Waals surface area (Å²) in [6.45, 7) is 1.97. The van der Waals surface area contributed by atoms with Gasteiger partial charge in [0.15, 0.2) is 0 Å². The zero-order valence-corrected chi connectivity index (χ0v) is 11.4. The summed E-state index contributed by atoms with van der Waals surface area (Å²) in [6, 6.07) is 18.4. The van der Waals surface area contributed by atoms with Gasteiger partial charge in [-0.2, -0.15) is 0 Å². The quantitative estimate of drug-likeness (QED) is 0.831. The van der Waals surface area contributed by atoms with E-state index < -0.39 is 7.06 Å². The van der Waals surface area contributed by atoms with Crippen LogP contribution in [0.2, 0.25) is 0 Å². The van der Waals surface area contributed by atoms with Gasteiger partial charge < -0.3 is 0 Å². The molecule has 0 aromatic heterocycles. The molecule has 0 spiro atoms. The molecule has 0 radical (unpaired) electrons. The molecular weight excluding hydrogens is 243 g/mol. The van der Waals surface area contributed by atoms with Gasteiger partial charge in [0.1, 0.15) is 0 Å². The third-order valence-electron chi connectivity index (χ3n) is 3.24. The normalized spacial score (nSPS) is 13.8. The molecule has 2 aromatic carbocycles. The van der Waals surface area contributed by atoms with Crippen molar-refractivity contribution in [2.24, 2.45) is 0 Å². The van der Waals surface area contributed by atoms with E-state index in [2.05, 4.69) is 0 Å². The van der Waals surface area contributed by atoms with Gasteiger partial charge in [-0.05, 0) is 0 Å². The van der Waals surface area contributed by atoms with Gasteiger partial charge in [0, 0.05) is 0 Å². The molecule has 0 heterocycles. The summed E-state index contributed by atoms with van der Waals surface area (Å²) in [5, 5.41) is 1.27. The van der Waals surface area contributed by atoms with Gasteiger partial charge in [0.05, 0.1) is 0 Å². The monoisotopic (exact) mass is 262 g/mol. The van der Waals surface area contributed by atoms with Crippen molar-refractivity contribution in [1.29, 1.82) is 0 Å². The first-order valence-corrected chi connectivity index (χ1v) is 8.52. The maximum atomic E-state index is 11.1. The molecule has 2 rings (SSSR count). The molecule has 0 aliphatic carbocycles. The average molecular weight is 262 g/mol. The van der Waals surface area contributed by atoms with E-state index in [0.717, 1.165) is 6.42 Å². The standard InChI is InChI=1S/C15H19O2P/c1-2-13-18(16,17,14-9-5-3-6-10-14)15-11-7-4-8-12-15/h3-12,16-17H,2,13H2,1H3. The first-order valence-electron chi connectivity index (χ1n) is 6.19. The van der Waals surface area contributed by atoms with Gasteiger partial charge >= 0.3 is 108 Å². The minimum atomic E-state index is -3.99. The molecule has 0 saturated carbocycles. The Kier molecular flexibility index (Phi) is 3.54. The molecule has 2 nitrogen and oxygen atoms in total. The predicted octanol–water partition coefficient (Wildman–Crippen LogP) is 2.42. The topological polar surface area (TPSA) is 40.5 Å². The zero-order chi connectivity index (χ0) is 13.1. The Labute approximate surface area is 108 Å². The van der Waals surface area contributed by atoms with Crippen molar-refractivity contribution < 1.29 is 9.79 Å². The van der Waals surface area contributed by atoms with Gasteiger partial charge in [-0.15, -0.1) is 0 Å². The van der Waals surface area contributed by atoms with Crippen molar-refractivity contribution in [3.8, 4) is 0 Å². The average Bonchev–Trinajstić information content (AvgIpc) is 2.41. The third kappa shape index (κ3) is 2.20. The summed E-state index contributed by atoms with van der Waals surface area (Å²) in [7, 11) is -3.99. The number of hydrogen-bond donors (Lipinski definition) is 2. The van der Waals surface area contributed by atoms with Crippen LogP contribution in [0.25, 0.3) is 0 Å². The minimum absolute atomic E-state index is 0.389. The van der Waals surface area contributed by atoms with Crippen LogP contribution >= 0.6 is 7.06 Å². The molecule has 0 fully saturated rings. The fourth-order valence-corrected chi connectivity index (χ4v) is 5.57. The molecule has 96 valence electrons. The van der Waals surface area contributed by atoms with Crippen LogP contribution in [-0.2, 0) is 0 Å². The van der Waals surface area contributed by atoms with E-state index in [9.17, 15) is 9.79 Å². The summed E-state index contributed by atoms with van der Waals surface area (Å²) in [6.07, 6.45) is 1.12. The van der Waals surface area contributed by atoms with Crippen LogP contribution in [0, 0.1) is 0 Å². The Morgan fingerprint density at radius 2 is 1.17 bits per heavy atom. The van der Waals surface area contributed by atoms with E-state index in [1.54, 1.807) is 24.3 Å². The number of hydrogen-bond acceptors (Lipinski definition) is 2. The molecular formula is C15H19O2P. The summed E-state index contributed by atoms with van der Waals surface area (Å²) in [5.74, 6) is 0. The zero-order valence-electron chi connectivity index (χ0n) is 10.5. The SMILES string of the molecule is CCCP(O)(O)(c1ccccc1)c1ccccc1. The third-order valence-corrected chi connectivity index (χ3v) is 7.31. The Bertz CT molecular complexity index is 465. The Morgan fingerprint density at radius 3 is 1.50 bits per heavy atom. The van der Waals surface area contributed by atoms with Crippen molar-refractivity contribution in [3.63, 3.8) is 0 Å². The van der Waals surface area contributed by atoms with Crippen molar-refractivity contribution in [2.75, 3.05) is 6.16 Å². The van der Waals surface area contributed by atoms with Crippen molar-refractivity contribution >= 4 is 17.7 Å². The van der Waals surface area contributed by atoms with Crippen molar-refractivity contribution in [1.82, 2.24) is 0 Å². The number of benzene rings is 2.